The van der Waals surface area contributed by atoms with Crippen LogP contribution in [0.25, 0.3) is 0 Å². The molecule has 0 aromatic heterocycles. The van der Waals surface area contributed by atoms with Crippen LogP contribution in [0, 0.1) is 0 Å². The Kier molecular flexibility index (Phi) is 6.32. The Morgan fingerprint density at radius 3 is 2.42 bits per heavy atom. The quantitative estimate of drug-likeness (QED) is 0.771. The third-order valence-corrected chi connectivity index (χ3v) is 3.92. The molecule has 0 saturated carbocycles. The van der Waals surface area contributed by atoms with Crippen LogP contribution in [0.3, 0.4) is 0 Å². The zero-order valence-electron chi connectivity index (χ0n) is 12.7. The van der Waals surface area contributed by atoms with Gasteiger partial charge in [-0.3, -0.25) is 9.59 Å². The standard InChI is InChI=1S/C15H28N2O2/c1-5-8-10-11(4)17-13(7-3)14(18)16-12(9-6-2)15(17)19/h11-13H,5-10H2,1-4H3,(H,16,18). The number of carbonyl (C=O) groups excluding carboxylic acids is 2. The van der Waals surface area contributed by atoms with Crippen LogP contribution in [0.1, 0.15) is 66.2 Å². The van der Waals surface area contributed by atoms with Gasteiger partial charge < -0.3 is 10.2 Å². The summed E-state index contributed by atoms with van der Waals surface area (Å²) < 4.78 is 0. The molecule has 0 aromatic rings. The number of nitrogens with zero attached hydrogens (tertiary/aromatic N) is 1. The molecule has 2 amide bonds. The lowest BCUT2D eigenvalue weighted by Gasteiger charge is -2.42. The highest BCUT2D eigenvalue weighted by Crippen LogP contribution is 2.21. The van der Waals surface area contributed by atoms with Crippen molar-refractivity contribution in [2.75, 3.05) is 0 Å². The van der Waals surface area contributed by atoms with Gasteiger partial charge >= 0.3 is 0 Å². The normalized spacial score (nSPS) is 25.4. The van der Waals surface area contributed by atoms with Gasteiger partial charge in [0.25, 0.3) is 0 Å². The molecule has 4 nitrogen and oxygen atoms in total. The average molecular weight is 268 g/mol. The average Bonchev–Trinajstić information content (AvgIpc) is 2.39. The summed E-state index contributed by atoms with van der Waals surface area (Å²) in [5, 5.41) is 2.88. The fourth-order valence-electron chi connectivity index (χ4n) is 2.82. The third kappa shape index (κ3) is 3.71. The highest BCUT2D eigenvalue weighted by molar-refractivity contribution is 5.97. The molecular weight excluding hydrogens is 240 g/mol. The van der Waals surface area contributed by atoms with E-state index in [2.05, 4.69) is 19.2 Å². The summed E-state index contributed by atoms with van der Waals surface area (Å²) in [6.07, 6.45) is 5.52. The van der Waals surface area contributed by atoms with Crippen molar-refractivity contribution in [2.24, 2.45) is 0 Å². The van der Waals surface area contributed by atoms with Gasteiger partial charge in [-0.15, -0.1) is 0 Å². The smallest absolute Gasteiger partial charge is 0.246 e. The maximum Gasteiger partial charge on any atom is 0.246 e. The van der Waals surface area contributed by atoms with Crippen LogP contribution < -0.4 is 5.32 Å². The van der Waals surface area contributed by atoms with Gasteiger partial charge in [-0.05, 0) is 26.2 Å². The highest BCUT2D eigenvalue weighted by atomic mass is 16.2. The first-order valence-electron chi connectivity index (χ1n) is 7.69. The Hall–Kier alpha value is -1.06. The second-order valence-corrected chi connectivity index (χ2v) is 5.51. The van der Waals surface area contributed by atoms with Gasteiger partial charge in [0.2, 0.25) is 11.8 Å². The summed E-state index contributed by atoms with van der Waals surface area (Å²) in [5.41, 5.74) is 0. The van der Waals surface area contributed by atoms with E-state index in [1.165, 1.54) is 0 Å². The largest absolute Gasteiger partial charge is 0.343 e. The van der Waals surface area contributed by atoms with Crippen molar-refractivity contribution in [3.8, 4) is 0 Å². The number of hydrogen-bond acceptors (Lipinski definition) is 2. The van der Waals surface area contributed by atoms with Crippen LogP contribution in [0.15, 0.2) is 0 Å². The van der Waals surface area contributed by atoms with Crippen molar-refractivity contribution in [1.82, 2.24) is 10.2 Å². The second kappa shape index (κ2) is 7.51. The lowest BCUT2D eigenvalue weighted by Crippen LogP contribution is -2.65. The van der Waals surface area contributed by atoms with Crippen LogP contribution >= 0.6 is 0 Å². The molecule has 4 heteroatoms. The molecule has 1 saturated heterocycles. The summed E-state index contributed by atoms with van der Waals surface area (Å²) in [6, 6.07) is -0.445. The molecule has 0 aromatic carbocycles. The van der Waals surface area contributed by atoms with Crippen LogP contribution in [0.5, 0.6) is 0 Å². The zero-order chi connectivity index (χ0) is 14.4. The Balaban J connectivity index is 2.85. The van der Waals surface area contributed by atoms with Gasteiger partial charge in [-0.2, -0.15) is 0 Å². The van der Waals surface area contributed by atoms with E-state index in [0.29, 0.717) is 6.42 Å². The molecule has 1 aliphatic heterocycles. The number of nitrogens with one attached hydrogen (secondary N) is 1. The Bertz CT molecular complexity index is 317. The predicted molar refractivity (Wildman–Crippen MR) is 76.8 cm³/mol. The topological polar surface area (TPSA) is 49.4 Å². The SMILES string of the molecule is CCCCC(C)N1C(=O)C(CCC)NC(=O)C1CC. The van der Waals surface area contributed by atoms with Crippen molar-refractivity contribution in [3.63, 3.8) is 0 Å². The summed E-state index contributed by atoms with van der Waals surface area (Å²) in [6.45, 7) is 8.22. The molecule has 1 rings (SSSR count). The number of rotatable bonds is 7. The molecule has 0 spiro atoms. The number of carbonyl (C=O) groups is 2. The monoisotopic (exact) mass is 268 g/mol. The first-order chi connectivity index (χ1) is 9.06. The van der Waals surface area contributed by atoms with Crippen molar-refractivity contribution >= 4 is 11.8 Å². The van der Waals surface area contributed by atoms with Crippen LogP contribution in [0.4, 0.5) is 0 Å². The first kappa shape index (κ1) is 16.0. The molecule has 1 fully saturated rings. The van der Waals surface area contributed by atoms with E-state index < -0.39 is 0 Å². The van der Waals surface area contributed by atoms with Crippen LogP contribution in [-0.4, -0.2) is 34.8 Å². The molecule has 1 N–H and O–H groups in total. The number of amides is 2. The van der Waals surface area contributed by atoms with Crippen LogP contribution in [-0.2, 0) is 9.59 Å². The van der Waals surface area contributed by atoms with E-state index in [1.54, 1.807) is 0 Å². The highest BCUT2D eigenvalue weighted by Gasteiger charge is 2.40. The molecule has 0 radical (unpaired) electrons. The lowest BCUT2D eigenvalue weighted by molar-refractivity contribution is -0.152. The zero-order valence-corrected chi connectivity index (χ0v) is 12.7. The Morgan fingerprint density at radius 2 is 1.89 bits per heavy atom. The van der Waals surface area contributed by atoms with E-state index in [1.807, 2.05) is 18.7 Å². The number of piperazine rings is 1. The Morgan fingerprint density at radius 1 is 1.21 bits per heavy atom. The Labute approximate surface area is 116 Å². The summed E-state index contributed by atoms with van der Waals surface area (Å²) in [5.74, 6) is 0.126. The molecule has 3 unspecified atom stereocenters. The number of hydrogen-bond donors (Lipinski definition) is 1. The molecule has 110 valence electrons. The molecule has 0 aliphatic carbocycles. The molecule has 1 aliphatic rings. The van der Waals surface area contributed by atoms with Crippen molar-refractivity contribution in [1.29, 1.82) is 0 Å². The summed E-state index contributed by atoms with van der Waals surface area (Å²) in [4.78, 5) is 26.5. The first-order valence-corrected chi connectivity index (χ1v) is 7.69. The van der Waals surface area contributed by atoms with Gasteiger partial charge in [0, 0.05) is 6.04 Å². The summed E-state index contributed by atoms with van der Waals surface area (Å²) >= 11 is 0. The maximum absolute atomic E-state index is 12.5. The van der Waals surface area contributed by atoms with Crippen molar-refractivity contribution in [3.05, 3.63) is 0 Å². The molecule has 3 atom stereocenters. The lowest BCUT2D eigenvalue weighted by atomic mass is 9.98. The third-order valence-electron chi connectivity index (χ3n) is 3.92. The van der Waals surface area contributed by atoms with E-state index >= 15 is 0 Å². The molecular formula is C15H28N2O2. The van der Waals surface area contributed by atoms with E-state index in [-0.39, 0.29) is 29.9 Å². The fourth-order valence-corrected chi connectivity index (χ4v) is 2.82. The van der Waals surface area contributed by atoms with Gasteiger partial charge in [0.05, 0.1) is 0 Å². The molecule has 0 bridgehead atoms. The summed E-state index contributed by atoms with van der Waals surface area (Å²) in [7, 11) is 0. The van der Waals surface area contributed by atoms with Gasteiger partial charge in [0.1, 0.15) is 12.1 Å². The minimum absolute atomic E-state index is 0.0175. The van der Waals surface area contributed by atoms with Gasteiger partial charge in [0.15, 0.2) is 0 Å². The van der Waals surface area contributed by atoms with Crippen molar-refractivity contribution < 1.29 is 9.59 Å². The minimum Gasteiger partial charge on any atom is -0.343 e. The van der Waals surface area contributed by atoms with Crippen molar-refractivity contribution in [2.45, 2.75) is 84.3 Å². The van der Waals surface area contributed by atoms with E-state index in [4.69, 9.17) is 0 Å². The molecule has 1 heterocycles. The maximum atomic E-state index is 12.5. The van der Waals surface area contributed by atoms with Gasteiger partial charge in [-0.25, -0.2) is 0 Å². The fraction of sp³-hybridized carbons (Fsp3) is 0.867. The van der Waals surface area contributed by atoms with E-state index in [0.717, 1.165) is 32.1 Å². The predicted octanol–water partition coefficient (Wildman–Crippen LogP) is 2.47. The molecule has 19 heavy (non-hydrogen) atoms. The van der Waals surface area contributed by atoms with Gasteiger partial charge in [-0.1, -0.05) is 40.0 Å². The van der Waals surface area contributed by atoms with Crippen LogP contribution in [0.2, 0.25) is 0 Å². The van der Waals surface area contributed by atoms with E-state index in [9.17, 15) is 9.59 Å². The number of unbranched alkanes of at least 4 members (excludes halogenated alkanes) is 1. The minimum atomic E-state index is -0.315. The second-order valence-electron chi connectivity index (χ2n) is 5.51.